The van der Waals surface area contributed by atoms with Gasteiger partial charge in [-0.1, -0.05) is 6.92 Å². The second-order valence-electron chi connectivity index (χ2n) is 5.13. The Hall–Kier alpha value is -1.13. The fourth-order valence-corrected chi connectivity index (χ4v) is 2.55. The van der Waals surface area contributed by atoms with Crippen LogP contribution in [0.2, 0.25) is 0 Å². The van der Waals surface area contributed by atoms with E-state index in [1.807, 2.05) is 18.3 Å². The maximum Gasteiger partial charge on any atom is 0.0565 e. The van der Waals surface area contributed by atoms with Gasteiger partial charge in [-0.2, -0.15) is 0 Å². The van der Waals surface area contributed by atoms with E-state index in [1.165, 1.54) is 19.4 Å². The van der Waals surface area contributed by atoms with Crippen LogP contribution in [0.3, 0.4) is 0 Å². The summed E-state index contributed by atoms with van der Waals surface area (Å²) in [7, 11) is 0. The molecule has 1 saturated heterocycles. The van der Waals surface area contributed by atoms with Crippen molar-refractivity contribution in [1.82, 2.24) is 9.88 Å². The van der Waals surface area contributed by atoms with Crippen molar-refractivity contribution in [3.05, 3.63) is 24.0 Å². The van der Waals surface area contributed by atoms with Gasteiger partial charge in [0.15, 0.2) is 0 Å². The summed E-state index contributed by atoms with van der Waals surface area (Å²) < 4.78 is 0. The summed E-state index contributed by atoms with van der Waals surface area (Å²) >= 11 is 0. The second kappa shape index (κ2) is 5.47. The van der Waals surface area contributed by atoms with E-state index in [1.54, 1.807) is 0 Å². The highest BCUT2D eigenvalue weighted by Gasteiger charge is 2.22. The van der Waals surface area contributed by atoms with E-state index in [0.29, 0.717) is 6.04 Å². The Bertz CT molecular complexity index is 366. The molecule has 17 heavy (non-hydrogen) atoms. The number of likely N-dealkylation sites (tertiary alicyclic amines) is 1. The first-order chi connectivity index (χ1) is 8.19. The summed E-state index contributed by atoms with van der Waals surface area (Å²) in [6.07, 6.45) is 4.38. The third kappa shape index (κ3) is 3.17. The van der Waals surface area contributed by atoms with Crippen LogP contribution in [0, 0.1) is 5.92 Å². The molecular formula is C13H22N4. The van der Waals surface area contributed by atoms with Crippen LogP contribution in [-0.2, 0) is 6.54 Å². The minimum absolute atomic E-state index is 0.648. The molecule has 2 rings (SSSR count). The first-order valence-electron chi connectivity index (χ1n) is 6.34. The number of nitrogen functional groups attached to an aromatic ring is 1. The van der Waals surface area contributed by atoms with Crippen LogP contribution in [0.25, 0.3) is 0 Å². The van der Waals surface area contributed by atoms with Gasteiger partial charge in [0.25, 0.3) is 0 Å². The van der Waals surface area contributed by atoms with Gasteiger partial charge in [0.05, 0.1) is 11.4 Å². The monoisotopic (exact) mass is 234 g/mol. The summed E-state index contributed by atoms with van der Waals surface area (Å²) in [5, 5.41) is 0. The number of nitrogens with one attached hydrogen (secondary N) is 1. The van der Waals surface area contributed by atoms with E-state index in [4.69, 9.17) is 5.84 Å². The zero-order valence-electron chi connectivity index (χ0n) is 10.7. The largest absolute Gasteiger partial charge is 0.324 e. The molecule has 2 heterocycles. The summed E-state index contributed by atoms with van der Waals surface area (Å²) in [5.74, 6) is 6.26. The number of piperidine rings is 1. The van der Waals surface area contributed by atoms with Gasteiger partial charge in [-0.25, -0.2) is 0 Å². The maximum atomic E-state index is 5.41. The normalized spacial score (nSPS) is 25.8. The lowest BCUT2D eigenvalue weighted by molar-refractivity contribution is 0.121. The predicted octanol–water partition coefficient (Wildman–Crippen LogP) is 1.99. The number of pyridine rings is 1. The Morgan fingerprint density at radius 3 is 3.06 bits per heavy atom. The number of hydrogen-bond acceptors (Lipinski definition) is 4. The molecule has 0 bridgehead atoms. The van der Waals surface area contributed by atoms with Crippen molar-refractivity contribution in [3.8, 4) is 0 Å². The molecule has 94 valence electrons. The molecule has 3 N–H and O–H groups in total. The van der Waals surface area contributed by atoms with Gasteiger partial charge >= 0.3 is 0 Å². The lowest BCUT2D eigenvalue weighted by Gasteiger charge is -2.36. The zero-order chi connectivity index (χ0) is 12.3. The maximum absolute atomic E-state index is 5.41. The van der Waals surface area contributed by atoms with Crippen LogP contribution in [-0.4, -0.2) is 22.5 Å². The van der Waals surface area contributed by atoms with E-state index in [0.717, 1.165) is 23.8 Å². The van der Waals surface area contributed by atoms with Gasteiger partial charge in [0.2, 0.25) is 0 Å². The number of anilines is 1. The van der Waals surface area contributed by atoms with Crippen LogP contribution in [0.4, 0.5) is 5.69 Å². The van der Waals surface area contributed by atoms with Gasteiger partial charge in [-0.3, -0.25) is 15.7 Å². The smallest absolute Gasteiger partial charge is 0.0565 e. The Balaban J connectivity index is 2.00. The summed E-state index contributed by atoms with van der Waals surface area (Å²) in [4.78, 5) is 6.90. The molecule has 4 heteroatoms. The van der Waals surface area contributed by atoms with Gasteiger partial charge in [0.1, 0.15) is 0 Å². The quantitative estimate of drug-likeness (QED) is 0.620. The van der Waals surface area contributed by atoms with Crippen LogP contribution in [0.1, 0.15) is 32.4 Å². The molecule has 1 fully saturated rings. The number of aromatic nitrogens is 1. The van der Waals surface area contributed by atoms with Gasteiger partial charge in [0, 0.05) is 18.8 Å². The van der Waals surface area contributed by atoms with E-state index in [9.17, 15) is 0 Å². The lowest BCUT2D eigenvalue weighted by Crippen LogP contribution is -2.39. The molecule has 4 nitrogen and oxygen atoms in total. The van der Waals surface area contributed by atoms with Crippen molar-refractivity contribution in [2.24, 2.45) is 11.8 Å². The topological polar surface area (TPSA) is 54.2 Å². The number of nitrogens with zero attached hydrogens (tertiary/aromatic N) is 2. The number of hydrazine groups is 1. The van der Waals surface area contributed by atoms with E-state index in [2.05, 4.69) is 29.2 Å². The van der Waals surface area contributed by atoms with Gasteiger partial charge < -0.3 is 5.43 Å². The highest BCUT2D eigenvalue weighted by atomic mass is 15.2. The van der Waals surface area contributed by atoms with Crippen LogP contribution in [0.5, 0.6) is 0 Å². The molecule has 0 saturated carbocycles. The third-order valence-electron chi connectivity index (χ3n) is 3.62. The highest BCUT2D eigenvalue weighted by Crippen LogP contribution is 2.23. The van der Waals surface area contributed by atoms with E-state index in [-0.39, 0.29) is 0 Å². The fraction of sp³-hybridized carbons (Fsp3) is 0.615. The number of hydrogen-bond donors (Lipinski definition) is 2. The molecule has 0 spiro atoms. The Morgan fingerprint density at radius 2 is 2.35 bits per heavy atom. The molecule has 0 radical (unpaired) electrons. The fourth-order valence-electron chi connectivity index (χ4n) is 2.55. The Labute approximate surface area is 103 Å². The predicted molar refractivity (Wildman–Crippen MR) is 70.3 cm³/mol. The molecule has 1 aromatic heterocycles. The standard InChI is InChI=1S/C13H22N4/c1-10-4-6-17(11(2)7-10)9-13-8-12(16-14)3-5-15-13/h3,5,8,10-11H,4,6-7,9,14H2,1-2H3,(H,15,16). The summed E-state index contributed by atoms with van der Waals surface area (Å²) in [5.41, 5.74) is 4.67. The molecule has 1 aliphatic rings. The minimum Gasteiger partial charge on any atom is -0.324 e. The molecule has 0 aromatic carbocycles. The number of nitrogens with two attached hydrogens (primary N) is 1. The summed E-state index contributed by atoms with van der Waals surface area (Å²) in [6.45, 7) is 6.74. The average Bonchev–Trinajstić information content (AvgIpc) is 2.33. The van der Waals surface area contributed by atoms with Crippen LogP contribution < -0.4 is 11.3 Å². The van der Waals surface area contributed by atoms with Crippen molar-refractivity contribution in [3.63, 3.8) is 0 Å². The van der Waals surface area contributed by atoms with Crippen molar-refractivity contribution < 1.29 is 0 Å². The SMILES string of the molecule is CC1CCN(Cc2cc(NN)ccn2)C(C)C1. The van der Waals surface area contributed by atoms with Crippen LogP contribution in [0.15, 0.2) is 18.3 Å². The van der Waals surface area contributed by atoms with Crippen molar-refractivity contribution in [2.45, 2.75) is 39.3 Å². The second-order valence-corrected chi connectivity index (χ2v) is 5.13. The Kier molecular flexibility index (Phi) is 3.97. The Morgan fingerprint density at radius 1 is 1.53 bits per heavy atom. The summed E-state index contributed by atoms with van der Waals surface area (Å²) in [6, 6.07) is 4.55. The molecule has 2 atom stereocenters. The third-order valence-corrected chi connectivity index (χ3v) is 3.62. The van der Waals surface area contributed by atoms with Crippen molar-refractivity contribution in [1.29, 1.82) is 0 Å². The first-order valence-corrected chi connectivity index (χ1v) is 6.34. The minimum atomic E-state index is 0.648. The lowest BCUT2D eigenvalue weighted by atomic mass is 9.93. The molecule has 0 aliphatic carbocycles. The van der Waals surface area contributed by atoms with Crippen LogP contribution >= 0.6 is 0 Å². The van der Waals surface area contributed by atoms with Crippen molar-refractivity contribution in [2.75, 3.05) is 12.0 Å². The molecule has 1 aliphatic heterocycles. The van der Waals surface area contributed by atoms with Gasteiger partial charge in [-0.05, 0) is 44.4 Å². The van der Waals surface area contributed by atoms with E-state index >= 15 is 0 Å². The van der Waals surface area contributed by atoms with Crippen molar-refractivity contribution >= 4 is 5.69 Å². The molecule has 0 amide bonds. The highest BCUT2D eigenvalue weighted by molar-refractivity contribution is 5.41. The van der Waals surface area contributed by atoms with Gasteiger partial charge in [-0.15, -0.1) is 0 Å². The zero-order valence-corrected chi connectivity index (χ0v) is 10.7. The first kappa shape index (κ1) is 12.3. The molecule has 1 aromatic rings. The van der Waals surface area contributed by atoms with E-state index < -0.39 is 0 Å². The molecule has 2 unspecified atom stereocenters. The molecular weight excluding hydrogens is 212 g/mol. The number of rotatable bonds is 3. The average molecular weight is 234 g/mol.